The SMILES string of the molecule is O=C1[C@H](Oc2ccccc2)[C@H]([C]2[CH][CH][CH][CH]2)N1c1ccc(Cl)cc1.[CH]1[CH][CH][CH][CH]1.[Fe+2]. The molecule has 3 fully saturated rings. The number of nitrogens with zero attached hydrogens (tertiary/aromatic N) is 1. The number of anilines is 1. The van der Waals surface area contributed by atoms with Gasteiger partial charge in [-0.25, -0.2) is 0 Å². The van der Waals surface area contributed by atoms with E-state index in [-0.39, 0.29) is 29.0 Å². The van der Waals surface area contributed by atoms with Crippen LogP contribution in [0.5, 0.6) is 5.75 Å². The van der Waals surface area contributed by atoms with Crippen LogP contribution < -0.4 is 9.64 Å². The molecule has 2 aromatic rings. The van der Waals surface area contributed by atoms with E-state index in [0.717, 1.165) is 11.6 Å². The van der Waals surface area contributed by atoms with Gasteiger partial charge in [-0.1, -0.05) is 29.8 Å². The minimum Gasteiger partial charge on any atom is -0.478 e. The molecule has 0 spiro atoms. The fourth-order valence-corrected chi connectivity index (χ4v) is 3.47. The van der Waals surface area contributed by atoms with Crippen molar-refractivity contribution in [2.75, 3.05) is 4.90 Å². The smallest absolute Gasteiger partial charge is 0.478 e. The Balaban J connectivity index is 0.000000376. The maximum atomic E-state index is 12.7. The molecule has 2 atom stereocenters. The van der Waals surface area contributed by atoms with Crippen molar-refractivity contribution in [3.63, 3.8) is 0 Å². The Labute approximate surface area is 195 Å². The molecule has 3 nitrogen and oxygen atoms in total. The second kappa shape index (κ2) is 11.2. The molecule has 10 radical (unpaired) electrons. The number of carbonyl (C=O) groups excluding carboxylic acids is 1. The van der Waals surface area contributed by atoms with E-state index in [9.17, 15) is 4.79 Å². The van der Waals surface area contributed by atoms with Crippen molar-refractivity contribution in [1.29, 1.82) is 0 Å². The van der Waals surface area contributed by atoms with E-state index in [1.54, 1.807) is 17.0 Å². The van der Waals surface area contributed by atoms with Crippen LogP contribution in [0.2, 0.25) is 5.02 Å². The molecule has 0 unspecified atom stereocenters. The summed E-state index contributed by atoms with van der Waals surface area (Å²) < 4.78 is 5.96. The van der Waals surface area contributed by atoms with Gasteiger partial charge in [0.1, 0.15) is 5.75 Å². The number of para-hydroxylation sites is 1. The Hall–Kier alpha value is -1.48. The number of halogens is 1. The molecule has 1 saturated heterocycles. The Kier molecular flexibility index (Phi) is 8.68. The fourth-order valence-electron chi connectivity index (χ4n) is 3.34. The molecule has 2 aromatic carbocycles. The van der Waals surface area contributed by atoms with Crippen molar-refractivity contribution in [3.8, 4) is 5.75 Å². The molecule has 0 aromatic heterocycles. The first-order chi connectivity index (χ1) is 14.2. The van der Waals surface area contributed by atoms with Crippen LogP contribution in [0.1, 0.15) is 0 Å². The zero-order valence-corrected chi connectivity index (χ0v) is 17.9. The van der Waals surface area contributed by atoms with Crippen molar-refractivity contribution in [3.05, 3.63) is 123 Å². The number of amides is 1. The minimum atomic E-state index is -0.523. The van der Waals surface area contributed by atoms with Gasteiger partial charge in [0.2, 0.25) is 0 Å². The van der Waals surface area contributed by atoms with Gasteiger partial charge in [-0.05, 0) is 94.2 Å². The van der Waals surface area contributed by atoms with Gasteiger partial charge < -0.3 is 9.64 Å². The second-order valence-electron chi connectivity index (χ2n) is 6.66. The zero-order valence-electron chi connectivity index (χ0n) is 16.0. The second-order valence-corrected chi connectivity index (χ2v) is 7.10. The predicted octanol–water partition coefficient (Wildman–Crippen LogP) is 4.93. The van der Waals surface area contributed by atoms with Crippen molar-refractivity contribution in [2.24, 2.45) is 0 Å². The van der Waals surface area contributed by atoms with Gasteiger partial charge in [0.15, 0.2) is 6.10 Å². The van der Waals surface area contributed by atoms with E-state index in [0.29, 0.717) is 10.8 Å². The number of rotatable bonds is 4. The van der Waals surface area contributed by atoms with E-state index < -0.39 is 6.10 Å². The van der Waals surface area contributed by atoms with E-state index in [2.05, 4.69) is 0 Å². The van der Waals surface area contributed by atoms with E-state index >= 15 is 0 Å². The molecule has 1 aliphatic heterocycles. The van der Waals surface area contributed by atoms with Gasteiger partial charge in [-0.3, -0.25) is 4.79 Å². The average molecular weight is 458 g/mol. The van der Waals surface area contributed by atoms with Crippen LogP contribution in [0.4, 0.5) is 5.69 Å². The number of hydrogen-bond donors (Lipinski definition) is 0. The van der Waals surface area contributed by atoms with Gasteiger partial charge in [0, 0.05) is 16.6 Å². The molecule has 5 heteroatoms. The van der Waals surface area contributed by atoms with Gasteiger partial charge in [-0.2, -0.15) is 0 Å². The summed E-state index contributed by atoms with van der Waals surface area (Å²) in [6.45, 7) is 0. The number of carbonyl (C=O) groups is 1. The summed E-state index contributed by atoms with van der Waals surface area (Å²) in [7, 11) is 0. The quantitative estimate of drug-likeness (QED) is 0.481. The predicted molar refractivity (Wildman–Crippen MR) is 116 cm³/mol. The van der Waals surface area contributed by atoms with E-state index in [4.69, 9.17) is 16.3 Å². The molecule has 2 saturated carbocycles. The van der Waals surface area contributed by atoms with Crippen molar-refractivity contribution in [2.45, 2.75) is 12.1 Å². The summed E-state index contributed by atoms with van der Waals surface area (Å²) in [6.07, 6.45) is 17.4. The van der Waals surface area contributed by atoms with Crippen molar-refractivity contribution in [1.82, 2.24) is 0 Å². The third-order valence-corrected chi connectivity index (χ3v) is 4.99. The Morgan fingerprint density at radius 2 is 1.33 bits per heavy atom. The molecular formula is C25H20ClFeNO2+2. The van der Waals surface area contributed by atoms with Gasteiger partial charge in [0.25, 0.3) is 5.91 Å². The number of ether oxygens (including phenoxy) is 1. The summed E-state index contributed by atoms with van der Waals surface area (Å²) in [6, 6.07) is 16.6. The Morgan fingerprint density at radius 1 is 0.767 bits per heavy atom. The summed E-state index contributed by atoms with van der Waals surface area (Å²) in [5.74, 6) is 1.71. The van der Waals surface area contributed by atoms with Crippen LogP contribution in [0.25, 0.3) is 0 Å². The van der Waals surface area contributed by atoms with Crippen LogP contribution in [0, 0.1) is 63.7 Å². The third-order valence-electron chi connectivity index (χ3n) is 4.74. The first kappa shape index (κ1) is 23.2. The fraction of sp³-hybridized carbons (Fsp3) is 0.0800. The number of β-lactam (4-membered cyclic amide) rings is 1. The molecule has 3 aliphatic rings. The summed E-state index contributed by atoms with van der Waals surface area (Å²) >= 11 is 5.96. The van der Waals surface area contributed by atoms with Crippen LogP contribution in [-0.4, -0.2) is 18.1 Å². The normalized spacial score (nSPS) is 23.2. The van der Waals surface area contributed by atoms with E-state index in [1.807, 2.05) is 100 Å². The largest absolute Gasteiger partial charge is 2.00 e. The molecule has 0 bridgehead atoms. The number of hydrogen-bond acceptors (Lipinski definition) is 2. The molecule has 30 heavy (non-hydrogen) atoms. The van der Waals surface area contributed by atoms with Gasteiger partial charge in [0.05, 0.1) is 6.04 Å². The maximum Gasteiger partial charge on any atom is 2.00 e. The summed E-state index contributed by atoms with van der Waals surface area (Å²) in [5, 5.41) is 0.647. The topological polar surface area (TPSA) is 29.5 Å². The van der Waals surface area contributed by atoms with Crippen LogP contribution in [0.15, 0.2) is 54.6 Å². The summed E-state index contributed by atoms with van der Waals surface area (Å²) in [4.78, 5) is 14.5. The van der Waals surface area contributed by atoms with Crippen molar-refractivity contribution >= 4 is 23.2 Å². The van der Waals surface area contributed by atoms with Gasteiger partial charge in [-0.15, -0.1) is 0 Å². The Bertz CT molecular complexity index is 781. The maximum absolute atomic E-state index is 12.7. The monoisotopic (exact) mass is 457 g/mol. The third kappa shape index (κ3) is 5.41. The standard InChI is InChI=1S/C20H15ClNO2.C5H5.Fe/c21-15-10-12-16(13-11-15)22-18(14-6-4-5-7-14)19(20(22)23)24-17-8-2-1-3-9-17;1-2-4-5-3-1;/h1-13,18-19H;1-5H;/q;;+2/t18-,19+;;/m0../s1. The van der Waals surface area contributed by atoms with Crippen molar-refractivity contribution < 1.29 is 26.6 Å². The molecule has 2 aliphatic carbocycles. The molecular weight excluding hydrogens is 438 g/mol. The van der Waals surface area contributed by atoms with E-state index in [1.165, 1.54) is 0 Å². The number of benzene rings is 2. The van der Waals surface area contributed by atoms with Crippen LogP contribution in [0.3, 0.4) is 0 Å². The summed E-state index contributed by atoms with van der Waals surface area (Å²) in [5.41, 5.74) is 0.823. The zero-order chi connectivity index (χ0) is 20.1. The Morgan fingerprint density at radius 3 is 1.90 bits per heavy atom. The molecule has 150 valence electrons. The molecule has 1 amide bonds. The van der Waals surface area contributed by atoms with Gasteiger partial charge >= 0.3 is 17.1 Å². The molecule has 0 N–H and O–H groups in total. The molecule has 5 rings (SSSR count). The van der Waals surface area contributed by atoms with Crippen LogP contribution >= 0.6 is 11.6 Å². The van der Waals surface area contributed by atoms with Crippen LogP contribution in [-0.2, 0) is 21.9 Å². The average Bonchev–Trinajstić information content (AvgIpc) is 3.48. The minimum absolute atomic E-state index is 0. The first-order valence-electron chi connectivity index (χ1n) is 9.43. The first-order valence-corrected chi connectivity index (χ1v) is 9.80. The molecule has 1 heterocycles.